The van der Waals surface area contributed by atoms with Crippen LogP contribution >= 0.6 is 0 Å². The monoisotopic (exact) mass is 423 g/mol. The summed E-state index contributed by atoms with van der Waals surface area (Å²) in [7, 11) is 0. The Morgan fingerprint density at radius 2 is 1.12 bits per heavy atom. The van der Waals surface area contributed by atoms with Gasteiger partial charge in [-0.05, 0) is 6.42 Å². The summed E-state index contributed by atoms with van der Waals surface area (Å²) in [6.07, 6.45) is 14.4. The van der Waals surface area contributed by atoms with Gasteiger partial charge < -0.3 is 5.11 Å². The fraction of sp³-hybridized carbons (Fsp3) is 0.929. The van der Waals surface area contributed by atoms with Crippen LogP contribution in [0.25, 0.3) is 0 Å². The van der Waals surface area contributed by atoms with Gasteiger partial charge in [-0.3, -0.25) is 4.79 Å². The summed E-state index contributed by atoms with van der Waals surface area (Å²) >= 11 is 0. The quantitative estimate of drug-likeness (QED) is 0.459. The standard InChI is InChI=1S/C14H28O2.Pt/c1-2-3-4-5-6-7-8-9-10-11-12-13-14(15)16;/h2-13H2,1H3,(H,15,16);. The van der Waals surface area contributed by atoms with Crippen LogP contribution in [0.5, 0.6) is 0 Å². The van der Waals surface area contributed by atoms with E-state index in [9.17, 15) is 4.79 Å². The van der Waals surface area contributed by atoms with Gasteiger partial charge in [-0.15, -0.1) is 0 Å². The molecule has 106 valence electrons. The van der Waals surface area contributed by atoms with E-state index >= 15 is 0 Å². The number of aliphatic carboxylic acids is 1. The first-order chi connectivity index (χ1) is 7.77. The van der Waals surface area contributed by atoms with E-state index in [1.807, 2.05) is 0 Å². The molecule has 0 amide bonds. The van der Waals surface area contributed by atoms with Gasteiger partial charge in [0, 0.05) is 27.5 Å². The van der Waals surface area contributed by atoms with Crippen molar-refractivity contribution in [3.8, 4) is 0 Å². The van der Waals surface area contributed by atoms with Crippen LogP contribution in [0.2, 0.25) is 0 Å². The van der Waals surface area contributed by atoms with Crippen molar-refractivity contribution in [3.05, 3.63) is 0 Å². The van der Waals surface area contributed by atoms with Crippen LogP contribution in [-0.4, -0.2) is 11.1 Å². The fourth-order valence-electron chi connectivity index (χ4n) is 1.94. The van der Waals surface area contributed by atoms with Crippen molar-refractivity contribution in [1.29, 1.82) is 0 Å². The fourth-order valence-corrected chi connectivity index (χ4v) is 1.94. The maximum Gasteiger partial charge on any atom is 0.303 e. The number of carbonyl (C=O) groups is 1. The zero-order valence-corrected chi connectivity index (χ0v) is 13.4. The van der Waals surface area contributed by atoms with E-state index in [0.29, 0.717) is 6.42 Å². The Balaban J connectivity index is 0. The minimum absolute atomic E-state index is 0. The van der Waals surface area contributed by atoms with Crippen molar-refractivity contribution in [2.45, 2.75) is 84.0 Å². The first kappa shape index (κ1) is 19.5. The van der Waals surface area contributed by atoms with Gasteiger partial charge in [-0.2, -0.15) is 0 Å². The summed E-state index contributed by atoms with van der Waals surface area (Å²) in [6, 6.07) is 0. The molecule has 0 aromatic carbocycles. The van der Waals surface area contributed by atoms with Crippen molar-refractivity contribution in [2.24, 2.45) is 0 Å². The van der Waals surface area contributed by atoms with Crippen molar-refractivity contribution >= 4 is 5.97 Å². The molecule has 0 heterocycles. The van der Waals surface area contributed by atoms with Crippen LogP contribution in [0, 0.1) is 0 Å². The minimum atomic E-state index is -0.657. The average Bonchev–Trinajstić information content (AvgIpc) is 2.25. The molecule has 0 aliphatic heterocycles. The number of unbranched alkanes of at least 4 members (excludes halogenated alkanes) is 10. The van der Waals surface area contributed by atoms with Gasteiger partial charge >= 0.3 is 5.97 Å². The van der Waals surface area contributed by atoms with Crippen LogP contribution in [-0.2, 0) is 25.9 Å². The second kappa shape index (κ2) is 16.2. The third kappa shape index (κ3) is 18.7. The zero-order valence-electron chi connectivity index (χ0n) is 11.2. The molecule has 0 fully saturated rings. The molecule has 0 aliphatic carbocycles. The maximum atomic E-state index is 10.3. The SMILES string of the molecule is CCCCCCCCCCCCCC(=O)O.[Pt]. The largest absolute Gasteiger partial charge is 0.481 e. The minimum Gasteiger partial charge on any atom is -0.481 e. The van der Waals surface area contributed by atoms with Crippen LogP contribution in [0.4, 0.5) is 0 Å². The third-order valence-electron chi connectivity index (χ3n) is 2.99. The van der Waals surface area contributed by atoms with Crippen LogP contribution in [0.15, 0.2) is 0 Å². The molecule has 17 heavy (non-hydrogen) atoms. The summed E-state index contributed by atoms with van der Waals surface area (Å²) in [6.45, 7) is 2.25. The van der Waals surface area contributed by atoms with Gasteiger partial charge in [0.15, 0.2) is 0 Å². The van der Waals surface area contributed by atoms with E-state index in [-0.39, 0.29) is 21.1 Å². The molecule has 0 rings (SSSR count). The van der Waals surface area contributed by atoms with Crippen molar-refractivity contribution in [1.82, 2.24) is 0 Å². The van der Waals surface area contributed by atoms with E-state index in [1.165, 1.54) is 57.8 Å². The molecule has 0 aromatic heterocycles. The van der Waals surface area contributed by atoms with Gasteiger partial charge in [0.25, 0.3) is 0 Å². The molecular formula is C14H28O2Pt. The van der Waals surface area contributed by atoms with Crippen LogP contribution in [0.3, 0.4) is 0 Å². The molecule has 0 saturated heterocycles. The second-order valence-corrected chi connectivity index (χ2v) is 4.68. The van der Waals surface area contributed by atoms with Gasteiger partial charge in [0.1, 0.15) is 0 Å². The van der Waals surface area contributed by atoms with Crippen molar-refractivity contribution < 1.29 is 31.0 Å². The van der Waals surface area contributed by atoms with Gasteiger partial charge in [-0.25, -0.2) is 0 Å². The van der Waals surface area contributed by atoms with Gasteiger partial charge in [0.05, 0.1) is 0 Å². The summed E-state index contributed by atoms with van der Waals surface area (Å²) in [5, 5.41) is 8.46. The summed E-state index contributed by atoms with van der Waals surface area (Å²) in [5.41, 5.74) is 0. The van der Waals surface area contributed by atoms with E-state index in [0.717, 1.165) is 12.8 Å². The normalized spacial score (nSPS) is 9.94. The Hall–Kier alpha value is 0.158. The van der Waals surface area contributed by atoms with Gasteiger partial charge in [-0.1, -0.05) is 71.1 Å². The molecule has 1 N–H and O–H groups in total. The summed E-state index contributed by atoms with van der Waals surface area (Å²) in [4.78, 5) is 10.3. The molecule has 0 saturated carbocycles. The van der Waals surface area contributed by atoms with E-state index in [4.69, 9.17) is 5.11 Å². The van der Waals surface area contributed by atoms with Crippen LogP contribution in [0.1, 0.15) is 84.0 Å². The number of carboxylic acids is 1. The Morgan fingerprint density at radius 1 is 0.765 bits per heavy atom. The average molecular weight is 423 g/mol. The number of hydrogen-bond acceptors (Lipinski definition) is 1. The molecule has 3 heteroatoms. The molecule has 0 bridgehead atoms. The number of rotatable bonds is 12. The Kier molecular flexibility index (Phi) is 18.5. The molecule has 0 spiro atoms. The van der Waals surface area contributed by atoms with Crippen LogP contribution < -0.4 is 0 Å². The van der Waals surface area contributed by atoms with Crippen molar-refractivity contribution in [3.63, 3.8) is 0 Å². The summed E-state index contributed by atoms with van der Waals surface area (Å²) < 4.78 is 0. The predicted molar refractivity (Wildman–Crippen MR) is 68.7 cm³/mol. The van der Waals surface area contributed by atoms with Gasteiger partial charge in [0.2, 0.25) is 0 Å². The zero-order chi connectivity index (χ0) is 12.1. The first-order valence-electron chi connectivity index (χ1n) is 6.99. The molecule has 0 radical (unpaired) electrons. The molecular weight excluding hydrogens is 395 g/mol. The third-order valence-corrected chi connectivity index (χ3v) is 2.99. The number of hydrogen-bond donors (Lipinski definition) is 1. The van der Waals surface area contributed by atoms with Crippen molar-refractivity contribution in [2.75, 3.05) is 0 Å². The van der Waals surface area contributed by atoms with E-state index in [2.05, 4.69) is 6.92 Å². The molecule has 0 aliphatic rings. The summed E-state index contributed by atoms with van der Waals surface area (Å²) in [5.74, 6) is -0.657. The number of carboxylic acid groups (broad SMARTS) is 1. The topological polar surface area (TPSA) is 37.3 Å². The molecule has 0 atom stereocenters. The molecule has 0 unspecified atom stereocenters. The smallest absolute Gasteiger partial charge is 0.303 e. The second-order valence-electron chi connectivity index (χ2n) is 4.68. The Labute approximate surface area is 121 Å². The molecule has 0 aromatic rings. The first-order valence-corrected chi connectivity index (χ1v) is 6.99. The molecule has 2 nitrogen and oxygen atoms in total. The Morgan fingerprint density at radius 3 is 1.47 bits per heavy atom. The maximum absolute atomic E-state index is 10.3. The van der Waals surface area contributed by atoms with E-state index < -0.39 is 5.97 Å². The Bertz CT molecular complexity index is 160. The van der Waals surface area contributed by atoms with E-state index in [1.54, 1.807) is 0 Å². The predicted octanol–water partition coefficient (Wildman–Crippen LogP) is 4.77.